The van der Waals surface area contributed by atoms with E-state index in [1.54, 1.807) is 12.1 Å². The van der Waals surface area contributed by atoms with Crippen molar-refractivity contribution in [1.82, 2.24) is 20.1 Å². The zero-order chi connectivity index (χ0) is 21.6. The van der Waals surface area contributed by atoms with Crippen molar-refractivity contribution in [2.24, 2.45) is 0 Å². The largest absolute Gasteiger partial charge is 0.376 e. The van der Waals surface area contributed by atoms with E-state index in [-0.39, 0.29) is 23.5 Å². The number of nitrogens with zero attached hydrogens (tertiary/aromatic N) is 4. The lowest BCUT2D eigenvalue weighted by Gasteiger charge is -2.12. The van der Waals surface area contributed by atoms with Crippen LogP contribution in [0.3, 0.4) is 0 Å². The van der Waals surface area contributed by atoms with Crippen LogP contribution in [0.1, 0.15) is 12.8 Å². The van der Waals surface area contributed by atoms with E-state index in [1.165, 1.54) is 23.9 Å². The Morgan fingerprint density at radius 3 is 2.65 bits per heavy atom. The molecule has 0 radical (unpaired) electrons. The minimum atomic E-state index is -0.442. The van der Waals surface area contributed by atoms with Gasteiger partial charge in [-0.3, -0.25) is 19.5 Å². The molecule has 0 spiro atoms. The van der Waals surface area contributed by atoms with Gasteiger partial charge in [0, 0.05) is 36.5 Å². The zero-order valence-electron chi connectivity index (χ0n) is 16.6. The van der Waals surface area contributed by atoms with E-state index in [2.05, 4.69) is 15.5 Å². The molecule has 0 bridgehead atoms. The number of amides is 1. The highest BCUT2D eigenvalue weighted by Crippen LogP contribution is 2.29. The molecule has 1 amide bonds. The molecule has 1 aliphatic rings. The van der Waals surface area contributed by atoms with Crippen molar-refractivity contribution < 1.29 is 14.5 Å². The summed E-state index contributed by atoms with van der Waals surface area (Å²) < 4.78 is 7.37. The molecule has 1 aromatic heterocycles. The van der Waals surface area contributed by atoms with E-state index in [1.807, 2.05) is 34.9 Å². The standard InChI is InChI=1S/C21H21N5O4S/c27-19(22-13-18-7-4-12-30-18)14-31-21-24-23-20(25(21)16-5-2-1-3-6-16)15-8-10-17(11-9-15)26(28)29/h1-3,5-6,8-11,18H,4,7,12-14H2,(H,22,27)/t18-/m0/s1. The number of thioether (sulfide) groups is 1. The van der Waals surface area contributed by atoms with Crippen molar-refractivity contribution >= 4 is 23.4 Å². The monoisotopic (exact) mass is 439 g/mol. The first kappa shape index (κ1) is 21.0. The molecule has 9 nitrogen and oxygen atoms in total. The normalized spacial score (nSPS) is 15.7. The van der Waals surface area contributed by atoms with Crippen molar-refractivity contribution in [1.29, 1.82) is 0 Å². The summed E-state index contributed by atoms with van der Waals surface area (Å²) in [6.45, 7) is 1.26. The number of hydrogen-bond acceptors (Lipinski definition) is 7. The molecule has 31 heavy (non-hydrogen) atoms. The van der Waals surface area contributed by atoms with Gasteiger partial charge in [-0.15, -0.1) is 10.2 Å². The number of nitrogens with one attached hydrogen (secondary N) is 1. The van der Waals surface area contributed by atoms with Gasteiger partial charge in [-0.1, -0.05) is 30.0 Å². The molecule has 1 atom stereocenters. The van der Waals surface area contributed by atoms with Gasteiger partial charge in [-0.05, 0) is 37.1 Å². The van der Waals surface area contributed by atoms with Crippen LogP contribution in [0, 0.1) is 10.1 Å². The van der Waals surface area contributed by atoms with Crippen LogP contribution < -0.4 is 5.32 Å². The molecule has 0 saturated carbocycles. The molecule has 1 saturated heterocycles. The quantitative estimate of drug-likeness (QED) is 0.326. The summed E-state index contributed by atoms with van der Waals surface area (Å²) >= 11 is 1.28. The van der Waals surface area contributed by atoms with Crippen molar-refractivity contribution in [3.8, 4) is 17.1 Å². The molecule has 10 heteroatoms. The van der Waals surface area contributed by atoms with Crippen LogP contribution in [-0.2, 0) is 9.53 Å². The number of rotatable bonds is 8. The van der Waals surface area contributed by atoms with Gasteiger partial charge >= 0.3 is 0 Å². The lowest BCUT2D eigenvalue weighted by molar-refractivity contribution is -0.384. The fourth-order valence-electron chi connectivity index (χ4n) is 3.31. The van der Waals surface area contributed by atoms with Crippen LogP contribution in [0.4, 0.5) is 5.69 Å². The minimum Gasteiger partial charge on any atom is -0.376 e. The number of aromatic nitrogens is 3. The predicted octanol–water partition coefficient (Wildman–Crippen LogP) is 3.23. The number of nitro groups is 1. The Balaban J connectivity index is 1.53. The Morgan fingerprint density at radius 2 is 1.97 bits per heavy atom. The Morgan fingerprint density at radius 1 is 1.19 bits per heavy atom. The number of non-ortho nitro benzene ring substituents is 1. The number of ether oxygens (including phenoxy) is 1. The van der Waals surface area contributed by atoms with Crippen molar-refractivity contribution in [2.45, 2.75) is 24.1 Å². The van der Waals surface area contributed by atoms with Crippen LogP contribution in [-0.4, -0.2) is 50.6 Å². The topological polar surface area (TPSA) is 112 Å². The summed E-state index contributed by atoms with van der Waals surface area (Å²) in [5, 5.41) is 23.0. The van der Waals surface area contributed by atoms with Crippen LogP contribution >= 0.6 is 11.8 Å². The molecule has 3 aromatic rings. The number of benzene rings is 2. The maximum atomic E-state index is 12.3. The SMILES string of the molecule is O=C(CSc1nnc(-c2ccc([N+](=O)[O-])cc2)n1-c1ccccc1)NC[C@@H]1CCCO1. The fourth-order valence-corrected chi connectivity index (χ4v) is 4.09. The molecule has 1 fully saturated rings. The molecule has 0 unspecified atom stereocenters. The van der Waals surface area contributed by atoms with Crippen LogP contribution in [0.25, 0.3) is 17.1 Å². The van der Waals surface area contributed by atoms with E-state index < -0.39 is 4.92 Å². The lowest BCUT2D eigenvalue weighted by atomic mass is 10.2. The molecular weight excluding hydrogens is 418 g/mol. The van der Waals surface area contributed by atoms with Crippen molar-refractivity contribution in [3.63, 3.8) is 0 Å². The number of nitro benzene ring substituents is 1. The highest BCUT2D eigenvalue weighted by atomic mass is 32.2. The zero-order valence-corrected chi connectivity index (χ0v) is 17.5. The predicted molar refractivity (Wildman–Crippen MR) is 116 cm³/mol. The van der Waals surface area contributed by atoms with Gasteiger partial charge in [-0.25, -0.2) is 0 Å². The first-order valence-corrected chi connectivity index (χ1v) is 10.9. The van der Waals surface area contributed by atoms with E-state index in [0.717, 1.165) is 25.1 Å². The van der Waals surface area contributed by atoms with E-state index in [9.17, 15) is 14.9 Å². The summed E-state index contributed by atoms with van der Waals surface area (Å²) in [6.07, 6.45) is 2.09. The van der Waals surface area contributed by atoms with Gasteiger partial charge in [0.1, 0.15) is 0 Å². The molecule has 2 aromatic carbocycles. The fraction of sp³-hybridized carbons (Fsp3) is 0.286. The van der Waals surface area contributed by atoms with Crippen molar-refractivity contribution in [3.05, 3.63) is 64.7 Å². The maximum absolute atomic E-state index is 12.3. The molecule has 160 valence electrons. The van der Waals surface area contributed by atoms with Crippen LogP contribution in [0.5, 0.6) is 0 Å². The average molecular weight is 439 g/mol. The maximum Gasteiger partial charge on any atom is 0.269 e. The lowest BCUT2D eigenvalue weighted by Crippen LogP contribution is -2.32. The molecule has 1 aliphatic heterocycles. The average Bonchev–Trinajstić information content (AvgIpc) is 3.47. The van der Waals surface area contributed by atoms with Gasteiger partial charge in [0.15, 0.2) is 11.0 Å². The Hall–Kier alpha value is -3.24. The van der Waals surface area contributed by atoms with Crippen LogP contribution in [0.2, 0.25) is 0 Å². The van der Waals surface area contributed by atoms with Gasteiger partial charge in [-0.2, -0.15) is 0 Å². The molecule has 0 aliphatic carbocycles. The highest BCUT2D eigenvalue weighted by molar-refractivity contribution is 7.99. The summed E-state index contributed by atoms with van der Waals surface area (Å²) in [4.78, 5) is 22.8. The second-order valence-electron chi connectivity index (χ2n) is 7.01. The number of carbonyl (C=O) groups excluding carboxylic acids is 1. The Kier molecular flexibility index (Phi) is 6.58. The smallest absolute Gasteiger partial charge is 0.269 e. The van der Waals surface area contributed by atoms with E-state index in [0.29, 0.717) is 23.1 Å². The third-order valence-corrected chi connectivity index (χ3v) is 5.80. The number of hydrogen-bond donors (Lipinski definition) is 1. The molecule has 1 N–H and O–H groups in total. The number of para-hydroxylation sites is 1. The van der Waals surface area contributed by atoms with Crippen molar-refractivity contribution in [2.75, 3.05) is 18.9 Å². The summed E-state index contributed by atoms with van der Waals surface area (Å²) in [5.41, 5.74) is 1.53. The minimum absolute atomic E-state index is 0.00652. The summed E-state index contributed by atoms with van der Waals surface area (Å²) in [5.74, 6) is 0.640. The van der Waals surface area contributed by atoms with Gasteiger partial charge < -0.3 is 10.1 Å². The third kappa shape index (κ3) is 5.09. The third-order valence-electron chi connectivity index (χ3n) is 4.87. The first-order valence-electron chi connectivity index (χ1n) is 9.88. The second kappa shape index (κ2) is 9.71. The summed E-state index contributed by atoms with van der Waals surface area (Å²) in [7, 11) is 0. The van der Waals surface area contributed by atoms with Crippen LogP contribution in [0.15, 0.2) is 59.8 Å². The van der Waals surface area contributed by atoms with Gasteiger partial charge in [0.2, 0.25) is 5.91 Å². The Bertz CT molecular complexity index is 1050. The Labute approximate surface area is 183 Å². The van der Waals surface area contributed by atoms with Gasteiger partial charge in [0.25, 0.3) is 5.69 Å². The first-order chi connectivity index (χ1) is 15.1. The molecule has 4 rings (SSSR count). The van der Waals surface area contributed by atoms with E-state index >= 15 is 0 Å². The summed E-state index contributed by atoms with van der Waals surface area (Å²) in [6, 6.07) is 15.7. The highest BCUT2D eigenvalue weighted by Gasteiger charge is 2.19. The van der Waals surface area contributed by atoms with E-state index in [4.69, 9.17) is 4.74 Å². The molecule has 2 heterocycles. The second-order valence-corrected chi connectivity index (χ2v) is 7.95. The molecular formula is C21H21N5O4S. The number of carbonyl (C=O) groups is 1. The van der Waals surface area contributed by atoms with Gasteiger partial charge in [0.05, 0.1) is 16.8 Å².